The molecule has 1 atom stereocenters. The van der Waals surface area contributed by atoms with Crippen molar-refractivity contribution in [1.29, 1.82) is 0 Å². The summed E-state index contributed by atoms with van der Waals surface area (Å²) in [6.45, 7) is 0.354. The van der Waals surface area contributed by atoms with E-state index in [1.807, 2.05) is 30.3 Å². The van der Waals surface area contributed by atoms with Gasteiger partial charge in [0.1, 0.15) is 5.82 Å². The van der Waals surface area contributed by atoms with Gasteiger partial charge in [-0.1, -0.05) is 30.3 Å². The highest BCUT2D eigenvalue weighted by Crippen LogP contribution is 2.26. The largest absolute Gasteiger partial charge is 0.350 e. The Morgan fingerprint density at radius 3 is 2.31 bits per heavy atom. The molecular formula is C26H33FN4O4S. The molecule has 0 aromatic heterocycles. The van der Waals surface area contributed by atoms with Gasteiger partial charge in [-0.25, -0.2) is 12.8 Å². The first-order chi connectivity index (χ1) is 17.3. The van der Waals surface area contributed by atoms with Gasteiger partial charge in [0.2, 0.25) is 15.9 Å². The molecule has 10 heteroatoms. The molecule has 1 saturated carbocycles. The predicted octanol–water partition coefficient (Wildman–Crippen LogP) is 2.39. The first kappa shape index (κ1) is 26.2. The van der Waals surface area contributed by atoms with Crippen molar-refractivity contribution in [3.8, 4) is 0 Å². The number of nitrogens with two attached hydrogens (primary N) is 1. The van der Waals surface area contributed by atoms with E-state index in [9.17, 15) is 22.4 Å². The molecule has 0 bridgehead atoms. The number of sulfonamides is 1. The van der Waals surface area contributed by atoms with Crippen LogP contribution in [0.4, 0.5) is 4.39 Å². The van der Waals surface area contributed by atoms with E-state index in [4.69, 9.17) is 5.73 Å². The first-order valence-electron chi connectivity index (χ1n) is 12.4. The van der Waals surface area contributed by atoms with Crippen molar-refractivity contribution in [3.05, 3.63) is 66.0 Å². The maximum Gasteiger partial charge on any atom is 0.259 e. The minimum Gasteiger partial charge on any atom is -0.350 e. The summed E-state index contributed by atoms with van der Waals surface area (Å²) in [5.41, 5.74) is 6.97. The molecule has 1 saturated heterocycles. The number of hydrogen-bond donors (Lipinski definition) is 2. The van der Waals surface area contributed by atoms with Gasteiger partial charge in [-0.3, -0.25) is 9.59 Å². The highest BCUT2D eigenvalue weighted by Gasteiger charge is 2.44. The Morgan fingerprint density at radius 2 is 1.64 bits per heavy atom. The topological polar surface area (TPSA) is 113 Å². The average molecular weight is 517 g/mol. The van der Waals surface area contributed by atoms with E-state index in [0.717, 1.165) is 34.8 Å². The second kappa shape index (κ2) is 11.5. The molecule has 2 fully saturated rings. The van der Waals surface area contributed by atoms with Crippen LogP contribution in [0.15, 0.2) is 59.5 Å². The Balaban J connectivity index is 1.59. The molecule has 194 valence electrons. The van der Waals surface area contributed by atoms with Gasteiger partial charge in [0.25, 0.3) is 5.91 Å². The molecule has 2 aromatic rings. The molecule has 2 aliphatic rings. The lowest BCUT2D eigenvalue weighted by Gasteiger charge is -2.42. The van der Waals surface area contributed by atoms with Crippen LogP contribution in [-0.4, -0.2) is 60.8 Å². The van der Waals surface area contributed by atoms with Gasteiger partial charge in [0, 0.05) is 31.6 Å². The number of nitrogens with one attached hydrogen (secondary N) is 1. The fraction of sp³-hybridized carbons (Fsp3) is 0.462. The number of rotatable bonds is 7. The smallest absolute Gasteiger partial charge is 0.259 e. The molecule has 2 aromatic carbocycles. The van der Waals surface area contributed by atoms with Crippen LogP contribution in [0.2, 0.25) is 0 Å². The monoisotopic (exact) mass is 516 g/mol. The van der Waals surface area contributed by atoms with Crippen molar-refractivity contribution >= 4 is 21.8 Å². The van der Waals surface area contributed by atoms with Crippen LogP contribution in [0, 0.1) is 5.82 Å². The number of carbonyl (C=O) groups excluding carboxylic acids is 2. The molecule has 1 heterocycles. The lowest BCUT2D eigenvalue weighted by Crippen LogP contribution is -2.64. The van der Waals surface area contributed by atoms with Crippen LogP contribution < -0.4 is 11.1 Å². The van der Waals surface area contributed by atoms with Crippen LogP contribution in [0.25, 0.3) is 0 Å². The van der Waals surface area contributed by atoms with Crippen LogP contribution in [0.3, 0.4) is 0 Å². The normalized spacial score (nSPS) is 23.3. The third kappa shape index (κ3) is 6.11. The van der Waals surface area contributed by atoms with Gasteiger partial charge >= 0.3 is 0 Å². The Hall–Kier alpha value is -2.82. The highest BCUT2D eigenvalue weighted by molar-refractivity contribution is 7.89. The minimum atomic E-state index is -4.16. The molecule has 36 heavy (non-hydrogen) atoms. The number of amides is 2. The average Bonchev–Trinajstić information content (AvgIpc) is 2.89. The number of halogens is 1. The van der Waals surface area contributed by atoms with Gasteiger partial charge in [-0.05, 0) is 68.4 Å². The summed E-state index contributed by atoms with van der Waals surface area (Å²) in [6, 6.07) is 14.0. The van der Waals surface area contributed by atoms with Crippen LogP contribution in [0.5, 0.6) is 0 Å². The summed E-state index contributed by atoms with van der Waals surface area (Å²) in [5, 5.41) is 2.98. The Kier molecular flexibility index (Phi) is 8.38. The third-order valence-electron chi connectivity index (χ3n) is 6.91. The van der Waals surface area contributed by atoms with Crippen molar-refractivity contribution in [2.75, 3.05) is 13.1 Å². The molecule has 1 unspecified atom stereocenters. The number of hydrogen-bond acceptors (Lipinski definition) is 5. The van der Waals surface area contributed by atoms with E-state index in [1.54, 1.807) is 0 Å². The van der Waals surface area contributed by atoms with E-state index in [-0.39, 0.29) is 42.4 Å². The summed E-state index contributed by atoms with van der Waals surface area (Å²) in [6.07, 6.45) is 2.65. The molecule has 8 nitrogen and oxygen atoms in total. The fourth-order valence-corrected chi connectivity index (χ4v) is 6.50. The second-order valence-corrected chi connectivity index (χ2v) is 11.4. The van der Waals surface area contributed by atoms with Crippen LogP contribution >= 0.6 is 0 Å². The van der Waals surface area contributed by atoms with E-state index in [0.29, 0.717) is 25.7 Å². The second-order valence-electron chi connectivity index (χ2n) is 9.49. The van der Waals surface area contributed by atoms with Gasteiger partial charge < -0.3 is 16.0 Å². The van der Waals surface area contributed by atoms with Gasteiger partial charge in [0.05, 0.1) is 4.90 Å². The van der Waals surface area contributed by atoms with Gasteiger partial charge in [-0.2, -0.15) is 4.31 Å². The Labute approximate surface area is 211 Å². The van der Waals surface area contributed by atoms with Crippen molar-refractivity contribution in [2.24, 2.45) is 5.73 Å². The molecule has 1 aliphatic heterocycles. The molecule has 0 radical (unpaired) electrons. The van der Waals surface area contributed by atoms with Crippen LogP contribution in [-0.2, 0) is 26.0 Å². The summed E-state index contributed by atoms with van der Waals surface area (Å²) in [7, 11) is -4.16. The standard InChI is InChI=1S/C26H33FN4O4S/c27-20-8-14-23(15-9-20)36(34,35)31-18-4-17-30(24(32)16-7-19-5-2-1-3-6-19)26(31)25(33)29-22-12-10-21(28)11-13-22/h1-3,5-6,8-9,14-15,21-22,26H,4,7,10-13,16-18,28H2,(H,29,33). The predicted molar refractivity (Wildman–Crippen MR) is 134 cm³/mol. The SMILES string of the molecule is NC1CCC(NC(=O)C2N(C(=O)CCc3ccccc3)CCCN2S(=O)(=O)c2ccc(F)cc2)CC1. The van der Waals surface area contributed by atoms with Crippen molar-refractivity contribution in [3.63, 3.8) is 0 Å². The maximum atomic E-state index is 13.6. The third-order valence-corrected chi connectivity index (χ3v) is 8.78. The first-order valence-corrected chi connectivity index (χ1v) is 13.9. The van der Waals surface area contributed by atoms with E-state index in [1.165, 1.54) is 17.0 Å². The zero-order valence-electron chi connectivity index (χ0n) is 20.2. The maximum absolute atomic E-state index is 13.6. The Bertz CT molecular complexity index is 1150. The molecular weight excluding hydrogens is 483 g/mol. The summed E-state index contributed by atoms with van der Waals surface area (Å²) >= 11 is 0. The van der Waals surface area contributed by atoms with Gasteiger partial charge in [-0.15, -0.1) is 0 Å². The van der Waals surface area contributed by atoms with Crippen LogP contribution in [0.1, 0.15) is 44.1 Å². The lowest BCUT2D eigenvalue weighted by atomic mass is 9.92. The van der Waals surface area contributed by atoms with Crippen molar-refractivity contribution in [2.45, 2.75) is 68.1 Å². The molecule has 1 aliphatic carbocycles. The zero-order valence-corrected chi connectivity index (χ0v) is 21.0. The number of aryl methyl sites for hydroxylation is 1. The molecule has 3 N–H and O–H groups in total. The quantitative estimate of drug-likeness (QED) is 0.587. The number of carbonyl (C=O) groups is 2. The fourth-order valence-electron chi connectivity index (χ4n) is 4.90. The van der Waals surface area contributed by atoms with E-state index < -0.39 is 27.9 Å². The highest BCUT2D eigenvalue weighted by atomic mass is 32.2. The van der Waals surface area contributed by atoms with Crippen molar-refractivity contribution < 1.29 is 22.4 Å². The van der Waals surface area contributed by atoms with Gasteiger partial charge in [0.15, 0.2) is 6.17 Å². The van der Waals surface area contributed by atoms with E-state index >= 15 is 0 Å². The summed E-state index contributed by atoms with van der Waals surface area (Å²) < 4.78 is 41.7. The zero-order chi connectivity index (χ0) is 25.7. The molecule has 0 spiro atoms. The summed E-state index contributed by atoms with van der Waals surface area (Å²) in [4.78, 5) is 28.2. The molecule has 2 amide bonds. The lowest BCUT2D eigenvalue weighted by molar-refractivity contribution is -0.147. The molecule has 4 rings (SSSR count). The number of benzene rings is 2. The number of nitrogens with zero attached hydrogens (tertiary/aromatic N) is 2. The minimum absolute atomic E-state index is 0.0792. The van der Waals surface area contributed by atoms with Crippen molar-refractivity contribution in [1.82, 2.24) is 14.5 Å². The Morgan fingerprint density at radius 1 is 0.972 bits per heavy atom. The van der Waals surface area contributed by atoms with E-state index in [2.05, 4.69) is 5.32 Å². The summed E-state index contributed by atoms with van der Waals surface area (Å²) in [5.74, 6) is -1.37.